The zero-order valence-corrected chi connectivity index (χ0v) is 30.9. The average Bonchev–Trinajstić information content (AvgIpc) is 3.54. The monoisotopic (exact) mass is 736 g/mol. The molecule has 9 aromatic rings. The number of para-hydroxylation sites is 1. The highest BCUT2D eigenvalue weighted by molar-refractivity contribution is 6.11. The third kappa shape index (κ3) is 6.21. The molecule has 2 heterocycles. The number of rotatable bonds is 6. The highest BCUT2D eigenvalue weighted by Gasteiger charge is 2.34. The van der Waals surface area contributed by atoms with Crippen LogP contribution in [0.2, 0.25) is 0 Å². The third-order valence-corrected chi connectivity index (χ3v) is 10.4. The van der Waals surface area contributed by atoms with Gasteiger partial charge in [-0.2, -0.15) is 13.2 Å². The first-order chi connectivity index (χ1) is 27.1. The summed E-state index contributed by atoms with van der Waals surface area (Å²) in [6, 6.07) is 49.5. The molecular weight excluding hydrogens is 702 g/mol. The van der Waals surface area contributed by atoms with E-state index >= 15 is 0 Å². The molecule has 0 bridgehead atoms. The van der Waals surface area contributed by atoms with Crippen LogP contribution in [0.4, 0.5) is 13.2 Å². The van der Waals surface area contributed by atoms with E-state index in [1.54, 1.807) is 18.2 Å². The molecule has 0 amide bonds. The molecule has 0 atom stereocenters. The standard InChI is InChI=1S/C49H35F3N4/c1-30-26-31(2)45(32(3)27-30)35-22-24-40-38-19-11-13-21-42(38)56(43(40)28-35)44-29-36(23-25-39(44)37-18-10-12-20-41(37)49(50,51)52)48-54-46(33-14-6-4-7-15-33)53-47(55-48)34-16-8-5-9-17-34/h4-29H,1-3H3. The van der Waals surface area contributed by atoms with Gasteiger partial charge in [0.15, 0.2) is 17.5 Å². The van der Waals surface area contributed by atoms with Crippen molar-refractivity contribution in [3.05, 3.63) is 180 Å². The van der Waals surface area contributed by atoms with Crippen molar-refractivity contribution in [3.63, 3.8) is 0 Å². The first kappa shape index (κ1) is 34.9. The summed E-state index contributed by atoms with van der Waals surface area (Å²) >= 11 is 0. The van der Waals surface area contributed by atoms with Gasteiger partial charge in [0, 0.05) is 33.0 Å². The van der Waals surface area contributed by atoms with Gasteiger partial charge in [0.2, 0.25) is 0 Å². The van der Waals surface area contributed by atoms with Gasteiger partial charge < -0.3 is 4.57 Å². The summed E-state index contributed by atoms with van der Waals surface area (Å²) in [5.41, 5.74) is 10.1. The number of nitrogens with zero attached hydrogens (tertiary/aromatic N) is 4. The van der Waals surface area contributed by atoms with Crippen molar-refractivity contribution in [2.75, 3.05) is 0 Å². The van der Waals surface area contributed by atoms with Gasteiger partial charge in [-0.25, -0.2) is 15.0 Å². The van der Waals surface area contributed by atoms with Crippen molar-refractivity contribution < 1.29 is 13.2 Å². The van der Waals surface area contributed by atoms with Crippen LogP contribution in [0.3, 0.4) is 0 Å². The molecule has 0 unspecified atom stereocenters. The number of hydrogen-bond donors (Lipinski definition) is 0. The summed E-state index contributed by atoms with van der Waals surface area (Å²) < 4.78 is 46.4. The number of hydrogen-bond acceptors (Lipinski definition) is 3. The molecule has 0 saturated carbocycles. The Bertz CT molecular complexity index is 2850. The van der Waals surface area contributed by atoms with Crippen LogP contribution in [-0.4, -0.2) is 19.5 Å². The fraction of sp³-hybridized carbons (Fsp3) is 0.0816. The molecule has 0 fully saturated rings. The lowest BCUT2D eigenvalue weighted by Crippen LogP contribution is -2.08. The predicted octanol–water partition coefficient (Wildman–Crippen LogP) is 13.2. The van der Waals surface area contributed by atoms with E-state index in [9.17, 15) is 13.2 Å². The quantitative estimate of drug-likeness (QED) is 0.171. The van der Waals surface area contributed by atoms with E-state index in [1.165, 1.54) is 11.6 Å². The maximum atomic E-state index is 14.8. The lowest BCUT2D eigenvalue weighted by molar-refractivity contribution is -0.137. The number of aromatic nitrogens is 4. The van der Waals surface area contributed by atoms with Crippen LogP contribution in [0.5, 0.6) is 0 Å². The van der Waals surface area contributed by atoms with E-state index in [4.69, 9.17) is 15.0 Å². The molecule has 4 nitrogen and oxygen atoms in total. The summed E-state index contributed by atoms with van der Waals surface area (Å²) in [6.45, 7) is 6.33. The molecule has 7 heteroatoms. The Labute approximate surface area is 322 Å². The van der Waals surface area contributed by atoms with Gasteiger partial charge in [0.05, 0.1) is 22.3 Å². The molecule has 0 aliphatic heterocycles. The van der Waals surface area contributed by atoms with Gasteiger partial charge in [0.25, 0.3) is 0 Å². The van der Waals surface area contributed by atoms with E-state index in [0.29, 0.717) is 34.3 Å². The Hall–Kier alpha value is -6.86. The van der Waals surface area contributed by atoms with Crippen molar-refractivity contribution in [3.8, 4) is 62.1 Å². The molecule has 7 aromatic carbocycles. The van der Waals surface area contributed by atoms with Crippen LogP contribution in [0.15, 0.2) is 158 Å². The molecule has 0 saturated heterocycles. The Morgan fingerprint density at radius 2 is 0.982 bits per heavy atom. The fourth-order valence-electron chi connectivity index (χ4n) is 8.01. The first-order valence-corrected chi connectivity index (χ1v) is 18.4. The second-order valence-electron chi connectivity index (χ2n) is 14.2. The SMILES string of the molecule is Cc1cc(C)c(-c2ccc3c4ccccc4n(-c4cc(-c5nc(-c6ccccc6)nc(-c6ccccc6)n5)ccc4-c4ccccc4C(F)(F)F)c3c2)c(C)c1. The minimum absolute atomic E-state index is 0.0828. The first-order valence-electron chi connectivity index (χ1n) is 18.4. The normalized spacial score (nSPS) is 11.8. The lowest BCUT2D eigenvalue weighted by Gasteiger charge is -2.19. The topological polar surface area (TPSA) is 43.6 Å². The molecule has 0 spiro atoms. The van der Waals surface area contributed by atoms with Crippen LogP contribution in [0.25, 0.3) is 83.9 Å². The van der Waals surface area contributed by atoms with E-state index in [1.807, 2.05) is 91.0 Å². The fourth-order valence-corrected chi connectivity index (χ4v) is 8.01. The molecule has 0 aliphatic rings. The molecule has 0 aliphatic carbocycles. The van der Waals surface area contributed by atoms with Crippen molar-refractivity contribution in [2.45, 2.75) is 26.9 Å². The molecule has 0 radical (unpaired) electrons. The Kier molecular flexibility index (Phi) is 8.58. The smallest absolute Gasteiger partial charge is 0.309 e. The van der Waals surface area contributed by atoms with Gasteiger partial charge >= 0.3 is 6.18 Å². The molecular formula is C49H35F3N4. The summed E-state index contributed by atoms with van der Waals surface area (Å²) in [6.07, 6.45) is -4.58. The highest BCUT2D eigenvalue weighted by atomic mass is 19.4. The summed E-state index contributed by atoms with van der Waals surface area (Å²) in [7, 11) is 0. The van der Waals surface area contributed by atoms with E-state index < -0.39 is 11.7 Å². The molecule has 9 rings (SSSR count). The minimum atomic E-state index is -4.58. The van der Waals surface area contributed by atoms with Crippen molar-refractivity contribution in [1.82, 2.24) is 19.5 Å². The van der Waals surface area contributed by atoms with Gasteiger partial charge in [-0.15, -0.1) is 0 Å². The third-order valence-electron chi connectivity index (χ3n) is 10.4. The predicted molar refractivity (Wildman–Crippen MR) is 221 cm³/mol. The summed E-state index contributed by atoms with van der Waals surface area (Å²) in [5, 5.41) is 1.98. The van der Waals surface area contributed by atoms with Crippen LogP contribution < -0.4 is 0 Å². The minimum Gasteiger partial charge on any atom is -0.309 e. The highest BCUT2D eigenvalue weighted by Crippen LogP contribution is 2.43. The van der Waals surface area contributed by atoms with Crippen LogP contribution >= 0.6 is 0 Å². The van der Waals surface area contributed by atoms with Gasteiger partial charge in [0.1, 0.15) is 0 Å². The van der Waals surface area contributed by atoms with Crippen molar-refractivity contribution >= 4 is 21.8 Å². The summed E-state index contributed by atoms with van der Waals surface area (Å²) in [4.78, 5) is 14.8. The van der Waals surface area contributed by atoms with Crippen LogP contribution in [-0.2, 0) is 6.18 Å². The van der Waals surface area contributed by atoms with Crippen LogP contribution in [0, 0.1) is 20.8 Å². The maximum absolute atomic E-state index is 14.8. The number of halogens is 3. The van der Waals surface area contributed by atoms with E-state index in [2.05, 4.69) is 61.7 Å². The number of benzene rings is 7. The van der Waals surface area contributed by atoms with Crippen molar-refractivity contribution in [2.24, 2.45) is 0 Å². The number of alkyl halides is 3. The average molecular weight is 737 g/mol. The Balaban J connectivity index is 1.36. The zero-order chi connectivity index (χ0) is 38.6. The number of fused-ring (bicyclic) bond motifs is 3. The lowest BCUT2D eigenvalue weighted by atomic mass is 9.93. The van der Waals surface area contributed by atoms with Crippen molar-refractivity contribution in [1.29, 1.82) is 0 Å². The number of aryl methyl sites for hydroxylation is 3. The van der Waals surface area contributed by atoms with Crippen LogP contribution in [0.1, 0.15) is 22.3 Å². The largest absolute Gasteiger partial charge is 0.417 e. The summed E-state index contributed by atoms with van der Waals surface area (Å²) in [5.74, 6) is 1.39. The van der Waals surface area contributed by atoms with Gasteiger partial charge in [-0.05, 0) is 72.9 Å². The Morgan fingerprint density at radius 1 is 0.446 bits per heavy atom. The second kappa shape index (κ2) is 13.8. The van der Waals surface area contributed by atoms with E-state index in [0.717, 1.165) is 61.3 Å². The second-order valence-corrected chi connectivity index (χ2v) is 14.2. The maximum Gasteiger partial charge on any atom is 0.417 e. The van der Waals surface area contributed by atoms with E-state index in [-0.39, 0.29) is 5.56 Å². The van der Waals surface area contributed by atoms with Gasteiger partial charge in [-0.3, -0.25) is 0 Å². The molecule has 0 N–H and O–H groups in total. The Morgan fingerprint density at radius 3 is 1.62 bits per heavy atom. The molecule has 56 heavy (non-hydrogen) atoms. The molecule has 272 valence electrons. The zero-order valence-electron chi connectivity index (χ0n) is 30.9. The van der Waals surface area contributed by atoms with Gasteiger partial charge in [-0.1, -0.05) is 139 Å². The molecule has 2 aromatic heterocycles.